The fourth-order valence-corrected chi connectivity index (χ4v) is 3.23. The number of benzene rings is 2. The topological polar surface area (TPSA) is 50.8 Å². The highest BCUT2D eigenvalue weighted by molar-refractivity contribution is 6.07. The van der Waals surface area contributed by atoms with Crippen LogP contribution < -0.4 is 14.8 Å². The van der Waals surface area contributed by atoms with Crippen LogP contribution in [0.4, 0.5) is 0 Å². The lowest BCUT2D eigenvalue weighted by molar-refractivity contribution is 0.104. The lowest BCUT2D eigenvalue weighted by Gasteiger charge is -2.27. The van der Waals surface area contributed by atoms with Crippen LogP contribution in [0.5, 0.6) is 11.5 Å². The van der Waals surface area contributed by atoms with E-state index in [0.29, 0.717) is 5.75 Å². The summed E-state index contributed by atoms with van der Waals surface area (Å²) in [5.74, 6) is 1.42. The van der Waals surface area contributed by atoms with Gasteiger partial charge in [-0.05, 0) is 35.9 Å². The van der Waals surface area contributed by atoms with Gasteiger partial charge in [0, 0.05) is 43.9 Å². The van der Waals surface area contributed by atoms with E-state index in [1.807, 2.05) is 42.5 Å². The summed E-state index contributed by atoms with van der Waals surface area (Å²) in [6.45, 7) is 4.77. The zero-order valence-corrected chi connectivity index (χ0v) is 15.9. The number of ether oxygens (including phenoxy) is 2. The number of nitrogens with zero attached hydrogens (tertiary/aromatic N) is 1. The van der Waals surface area contributed by atoms with E-state index >= 15 is 0 Å². The van der Waals surface area contributed by atoms with E-state index in [9.17, 15) is 4.79 Å². The Kier molecular flexibility index (Phi) is 6.63. The van der Waals surface area contributed by atoms with Gasteiger partial charge in [0.05, 0.1) is 14.2 Å². The summed E-state index contributed by atoms with van der Waals surface area (Å²) >= 11 is 0. The monoisotopic (exact) mass is 366 g/mol. The number of nitrogens with one attached hydrogen (secondary N) is 1. The number of carbonyl (C=O) groups is 1. The molecule has 5 heteroatoms. The first-order valence-electron chi connectivity index (χ1n) is 9.16. The molecule has 1 heterocycles. The molecular weight excluding hydrogens is 340 g/mol. The summed E-state index contributed by atoms with van der Waals surface area (Å²) in [5, 5.41) is 3.35. The van der Waals surface area contributed by atoms with Crippen LogP contribution in [-0.4, -0.2) is 51.1 Å². The first-order chi connectivity index (χ1) is 13.2. The van der Waals surface area contributed by atoms with Gasteiger partial charge in [0.1, 0.15) is 11.5 Å². The largest absolute Gasteiger partial charge is 0.497 e. The Bertz CT molecular complexity index is 811. The molecule has 1 saturated heterocycles. The number of hydrogen-bond acceptors (Lipinski definition) is 5. The SMILES string of the molecule is COc1ccc(OC)c(C=CC(=O)c2ccccc2CN2CCNCC2)c1. The molecule has 5 nitrogen and oxygen atoms in total. The van der Waals surface area contributed by atoms with Crippen LogP contribution >= 0.6 is 0 Å². The molecule has 0 unspecified atom stereocenters. The smallest absolute Gasteiger partial charge is 0.186 e. The third-order valence-electron chi connectivity index (χ3n) is 4.74. The predicted molar refractivity (Wildman–Crippen MR) is 107 cm³/mol. The van der Waals surface area contributed by atoms with Crippen LogP contribution in [0.3, 0.4) is 0 Å². The van der Waals surface area contributed by atoms with Crippen LogP contribution in [0.1, 0.15) is 21.5 Å². The molecule has 1 N–H and O–H groups in total. The summed E-state index contributed by atoms with van der Waals surface area (Å²) in [6.07, 6.45) is 3.39. The Morgan fingerprint density at radius 1 is 1.11 bits per heavy atom. The second-order valence-corrected chi connectivity index (χ2v) is 6.49. The molecule has 0 bridgehead atoms. The Labute approximate surface area is 160 Å². The highest BCUT2D eigenvalue weighted by atomic mass is 16.5. The Balaban J connectivity index is 1.79. The van der Waals surface area contributed by atoms with Crippen LogP contribution in [0.2, 0.25) is 0 Å². The predicted octanol–water partition coefficient (Wildman–Crippen LogP) is 3.01. The maximum atomic E-state index is 12.8. The molecule has 142 valence electrons. The minimum atomic E-state index is -0.00870. The number of rotatable bonds is 7. The molecular formula is C22H26N2O3. The zero-order valence-electron chi connectivity index (χ0n) is 15.9. The summed E-state index contributed by atoms with van der Waals surface area (Å²) in [5.41, 5.74) is 2.62. The molecule has 0 amide bonds. The second-order valence-electron chi connectivity index (χ2n) is 6.49. The highest BCUT2D eigenvalue weighted by Crippen LogP contribution is 2.25. The quantitative estimate of drug-likeness (QED) is 0.603. The normalized spacial score (nSPS) is 15.0. The van der Waals surface area contributed by atoms with Crippen molar-refractivity contribution in [2.24, 2.45) is 0 Å². The molecule has 2 aromatic carbocycles. The van der Waals surface area contributed by atoms with Crippen molar-refractivity contribution in [2.45, 2.75) is 6.54 Å². The molecule has 1 aliphatic heterocycles. The molecule has 0 aromatic heterocycles. The van der Waals surface area contributed by atoms with Gasteiger partial charge in [-0.2, -0.15) is 0 Å². The van der Waals surface area contributed by atoms with Crippen molar-refractivity contribution in [3.63, 3.8) is 0 Å². The van der Waals surface area contributed by atoms with E-state index in [1.54, 1.807) is 26.4 Å². The summed E-state index contributed by atoms with van der Waals surface area (Å²) in [4.78, 5) is 15.2. The molecule has 0 aliphatic carbocycles. The van der Waals surface area contributed by atoms with Gasteiger partial charge in [-0.1, -0.05) is 24.3 Å². The van der Waals surface area contributed by atoms with Gasteiger partial charge in [0.25, 0.3) is 0 Å². The number of hydrogen-bond donors (Lipinski definition) is 1. The summed E-state index contributed by atoms with van der Waals surface area (Å²) < 4.78 is 10.6. The van der Waals surface area contributed by atoms with E-state index in [0.717, 1.165) is 55.2 Å². The number of carbonyl (C=O) groups excluding carboxylic acids is 1. The van der Waals surface area contributed by atoms with Gasteiger partial charge in [-0.3, -0.25) is 9.69 Å². The first kappa shape index (κ1) is 19.1. The van der Waals surface area contributed by atoms with Crippen molar-refractivity contribution in [3.8, 4) is 11.5 Å². The average Bonchev–Trinajstić information content (AvgIpc) is 2.73. The van der Waals surface area contributed by atoms with Crippen molar-refractivity contribution < 1.29 is 14.3 Å². The van der Waals surface area contributed by atoms with E-state index in [1.165, 1.54) is 0 Å². The number of piperazine rings is 1. The fraction of sp³-hybridized carbons (Fsp3) is 0.318. The Morgan fingerprint density at radius 2 is 1.89 bits per heavy atom. The van der Waals surface area contributed by atoms with Crippen molar-refractivity contribution in [1.29, 1.82) is 0 Å². The van der Waals surface area contributed by atoms with E-state index in [-0.39, 0.29) is 5.78 Å². The maximum Gasteiger partial charge on any atom is 0.186 e. The standard InChI is InChI=1S/C22H26N2O3/c1-26-19-8-10-22(27-2)17(15-19)7-9-21(25)20-6-4-3-5-18(20)16-24-13-11-23-12-14-24/h3-10,15,23H,11-14,16H2,1-2H3. The average molecular weight is 366 g/mol. The van der Waals surface area contributed by atoms with E-state index in [4.69, 9.17) is 9.47 Å². The van der Waals surface area contributed by atoms with Crippen molar-refractivity contribution >= 4 is 11.9 Å². The van der Waals surface area contributed by atoms with Gasteiger partial charge >= 0.3 is 0 Å². The number of allylic oxidation sites excluding steroid dienone is 1. The molecule has 27 heavy (non-hydrogen) atoms. The zero-order chi connectivity index (χ0) is 19.1. The third kappa shape index (κ3) is 4.96. The fourth-order valence-electron chi connectivity index (χ4n) is 3.23. The molecule has 0 spiro atoms. The first-order valence-corrected chi connectivity index (χ1v) is 9.16. The van der Waals surface area contributed by atoms with Gasteiger partial charge in [0.2, 0.25) is 0 Å². The molecule has 0 radical (unpaired) electrons. The maximum absolute atomic E-state index is 12.8. The third-order valence-corrected chi connectivity index (χ3v) is 4.74. The molecule has 2 aromatic rings. The van der Waals surface area contributed by atoms with E-state index in [2.05, 4.69) is 10.2 Å². The highest BCUT2D eigenvalue weighted by Gasteiger charge is 2.14. The molecule has 0 saturated carbocycles. The summed E-state index contributed by atoms with van der Waals surface area (Å²) in [7, 11) is 3.23. The minimum absolute atomic E-state index is 0.00870. The Morgan fingerprint density at radius 3 is 2.63 bits per heavy atom. The van der Waals surface area contributed by atoms with Gasteiger partial charge in [-0.15, -0.1) is 0 Å². The van der Waals surface area contributed by atoms with Crippen LogP contribution in [-0.2, 0) is 6.54 Å². The Hall–Kier alpha value is -2.63. The lowest BCUT2D eigenvalue weighted by Crippen LogP contribution is -2.43. The van der Waals surface area contributed by atoms with Gasteiger partial charge < -0.3 is 14.8 Å². The second kappa shape index (κ2) is 9.35. The van der Waals surface area contributed by atoms with Crippen molar-refractivity contribution in [1.82, 2.24) is 10.2 Å². The van der Waals surface area contributed by atoms with Crippen LogP contribution in [0, 0.1) is 0 Å². The van der Waals surface area contributed by atoms with Crippen LogP contribution in [0.15, 0.2) is 48.5 Å². The lowest BCUT2D eigenvalue weighted by atomic mass is 10.0. The van der Waals surface area contributed by atoms with Gasteiger partial charge in [0.15, 0.2) is 5.78 Å². The molecule has 1 aliphatic rings. The summed E-state index contributed by atoms with van der Waals surface area (Å²) in [6, 6.07) is 13.4. The number of methoxy groups -OCH3 is 2. The van der Waals surface area contributed by atoms with E-state index < -0.39 is 0 Å². The van der Waals surface area contributed by atoms with Crippen molar-refractivity contribution in [2.75, 3.05) is 40.4 Å². The molecule has 1 fully saturated rings. The molecule has 3 rings (SSSR count). The van der Waals surface area contributed by atoms with Gasteiger partial charge in [-0.25, -0.2) is 0 Å². The van der Waals surface area contributed by atoms with Crippen molar-refractivity contribution in [3.05, 3.63) is 65.2 Å². The minimum Gasteiger partial charge on any atom is -0.497 e. The molecule has 0 atom stereocenters. The number of ketones is 1. The van der Waals surface area contributed by atoms with Crippen LogP contribution in [0.25, 0.3) is 6.08 Å².